The van der Waals surface area contributed by atoms with Gasteiger partial charge in [-0.05, 0) is 6.07 Å². The van der Waals surface area contributed by atoms with Gasteiger partial charge in [0.2, 0.25) is 0 Å². The molecular formula is C10H10N4O3. The minimum Gasteiger partial charge on any atom is -0.479 e. The van der Waals surface area contributed by atoms with Gasteiger partial charge in [0, 0.05) is 6.54 Å². The number of nitrogens with zero attached hydrogens (tertiary/aromatic N) is 4. The Morgan fingerprint density at radius 3 is 3.24 bits per heavy atom. The average Bonchev–Trinajstić information content (AvgIpc) is 2.39. The second kappa shape index (κ2) is 4.76. The van der Waals surface area contributed by atoms with Crippen LogP contribution in [0.25, 0.3) is 0 Å². The molecule has 0 aliphatic carbocycles. The molecule has 1 fully saturated rings. The smallest absolute Gasteiger partial charge is 0.334 e. The molecule has 2 heterocycles. The maximum Gasteiger partial charge on any atom is 0.334 e. The summed E-state index contributed by atoms with van der Waals surface area (Å²) < 4.78 is 5.09. The Morgan fingerprint density at radius 1 is 1.71 bits per heavy atom. The minimum atomic E-state index is -1.02. The molecule has 7 nitrogen and oxygen atoms in total. The first-order chi connectivity index (χ1) is 8.22. The molecule has 0 spiro atoms. The Balaban J connectivity index is 2.22. The zero-order valence-electron chi connectivity index (χ0n) is 8.91. The predicted molar refractivity (Wildman–Crippen MR) is 56.3 cm³/mol. The Morgan fingerprint density at radius 2 is 2.53 bits per heavy atom. The molecule has 1 aliphatic rings. The van der Waals surface area contributed by atoms with Crippen LogP contribution in [-0.4, -0.2) is 47.1 Å². The van der Waals surface area contributed by atoms with Crippen molar-refractivity contribution >= 4 is 11.8 Å². The number of nitriles is 1. The van der Waals surface area contributed by atoms with E-state index in [-0.39, 0.29) is 6.54 Å². The molecule has 1 atom stereocenters. The Labute approximate surface area is 97.2 Å². The lowest BCUT2D eigenvalue weighted by Gasteiger charge is -2.31. The summed E-state index contributed by atoms with van der Waals surface area (Å²) >= 11 is 0. The van der Waals surface area contributed by atoms with Crippen LogP contribution < -0.4 is 4.90 Å². The van der Waals surface area contributed by atoms with E-state index in [9.17, 15) is 4.79 Å². The third kappa shape index (κ3) is 2.32. The zero-order valence-corrected chi connectivity index (χ0v) is 8.91. The molecule has 0 saturated carbocycles. The second-order valence-corrected chi connectivity index (χ2v) is 3.52. The minimum absolute atomic E-state index is 0.169. The van der Waals surface area contributed by atoms with Crippen molar-refractivity contribution in [2.45, 2.75) is 6.10 Å². The van der Waals surface area contributed by atoms with E-state index in [2.05, 4.69) is 10.2 Å². The molecule has 1 saturated heterocycles. The highest BCUT2D eigenvalue weighted by atomic mass is 16.5. The Hall–Kier alpha value is -2.20. The topological polar surface area (TPSA) is 99.3 Å². The van der Waals surface area contributed by atoms with Crippen molar-refractivity contribution in [3.63, 3.8) is 0 Å². The fourth-order valence-corrected chi connectivity index (χ4v) is 1.64. The normalized spacial score (nSPS) is 19.7. The van der Waals surface area contributed by atoms with Crippen LogP contribution in [0, 0.1) is 11.3 Å². The summed E-state index contributed by atoms with van der Waals surface area (Å²) in [6.07, 6.45) is 0.536. The number of anilines is 1. The average molecular weight is 234 g/mol. The van der Waals surface area contributed by atoms with E-state index in [1.807, 2.05) is 6.07 Å². The van der Waals surface area contributed by atoms with Gasteiger partial charge in [0.15, 0.2) is 11.9 Å². The van der Waals surface area contributed by atoms with Gasteiger partial charge in [0.1, 0.15) is 6.07 Å². The Bertz CT molecular complexity index is 471. The molecule has 17 heavy (non-hydrogen) atoms. The number of aromatic nitrogens is 2. The molecule has 2 rings (SSSR count). The van der Waals surface area contributed by atoms with E-state index in [1.54, 1.807) is 11.0 Å². The first kappa shape index (κ1) is 11.3. The summed E-state index contributed by atoms with van der Waals surface area (Å²) in [5, 5.41) is 25.4. The molecule has 1 aromatic rings. The largest absolute Gasteiger partial charge is 0.479 e. The van der Waals surface area contributed by atoms with Crippen LogP contribution in [0.1, 0.15) is 5.56 Å². The molecule has 1 aromatic heterocycles. The maximum absolute atomic E-state index is 10.8. The van der Waals surface area contributed by atoms with E-state index in [4.69, 9.17) is 15.1 Å². The first-order valence-electron chi connectivity index (χ1n) is 5.03. The molecule has 0 radical (unpaired) electrons. The highest BCUT2D eigenvalue weighted by molar-refractivity contribution is 5.73. The number of ether oxygens (including phenoxy) is 1. The lowest BCUT2D eigenvalue weighted by molar-refractivity contribution is -0.150. The van der Waals surface area contributed by atoms with Crippen LogP contribution in [-0.2, 0) is 9.53 Å². The summed E-state index contributed by atoms with van der Waals surface area (Å²) in [4.78, 5) is 12.5. The van der Waals surface area contributed by atoms with E-state index in [0.717, 1.165) is 0 Å². The lowest BCUT2D eigenvalue weighted by atomic mass is 10.2. The van der Waals surface area contributed by atoms with Gasteiger partial charge in [-0.15, -0.1) is 5.10 Å². The molecule has 0 aromatic carbocycles. The van der Waals surface area contributed by atoms with Crippen molar-refractivity contribution in [1.29, 1.82) is 5.26 Å². The number of carboxylic acid groups (broad SMARTS) is 1. The van der Waals surface area contributed by atoms with E-state index < -0.39 is 12.1 Å². The highest BCUT2D eigenvalue weighted by Crippen LogP contribution is 2.18. The lowest BCUT2D eigenvalue weighted by Crippen LogP contribution is -2.46. The molecule has 0 bridgehead atoms. The van der Waals surface area contributed by atoms with Gasteiger partial charge in [0.25, 0.3) is 0 Å². The van der Waals surface area contributed by atoms with Gasteiger partial charge in [0.05, 0.1) is 24.9 Å². The van der Waals surface area contributed by atoms with Crippen molar-refractivity contribution in [2.75, 3.05) is 24.6 Å². The molecule has 7 heteroatoms. The number of hydrogen-bond donors (Lipinski definition) is 1. The zero-order chi connectivity index (χ0) is 12.3. The van der Waals surface area contributed by atoms with E-state index >= 15 is 0 Å². The van der Waals surface area contributed by atoms with Gasteiger partial charge in [-0.3, -0.25) is 0 Å². The third-order valence-corrected chi connectivity index (χ3v) is 2.46. The summed E-state index contributed by atoms with van der Waals surface area (Å²) in [5.74, 6) is -0.610. The van der Waals surface area contributed by atoms with Crippen molar-refractivity contribution in [3.8, 4) is 6.07 Å². The maximum atomic E-state index is 10.8. The van der Waals surface area contributed by atoms with Crippen molar-refractivity contribution in [2.24, 2.45) is 0 Å². The highest BCUT2D eigenvalue weighted by Gasteiger charge is 2.28. The quantitative estimate of drug-likeness (QED) is 0.745. The number of rotatable bonds is 2. The summed E-state index contributed by atoms with van der Waals surface area (Å²) in [5.41, 5.74) is 0.381. The van der Waals surface area contributed by atoms with Gasteiger partial charge in [-0.2, -0.15) is 10.4 Å². The van der Waals surface area contributed by atoms with E-state index in [0.29, 0.717) is 24.5 Å². The van der Waals surface area contributed by atoms with Gasteiger partial charge >= 0.3 is 5.97 Å². The number of aliphatic carboxylic acids is 1. The fourth-order valence-electron chi connectivity index (χ4n) is 1.64. The molecule has 1 aliphatic heterocycles. The first-order valence-corrected chi connectivity index (χ1v) is 5.03. The SMILES string of the molecule is N#Cc1ccnnc1N1CCOC(C(=O)O)C1. The Kier molecular flexibility index (Phi) is 3.16. The second-order valence-electron chi connectivity index (χ2n) is 3.52. The molecule has 0 amide bonds. The van der Waals surface area contributed by atoms with E-state index in [1.165, 1.54) is 6.20 Å². The summed E-state index contributed by atoms with van der Waals surface area (Å²) in [7, 11) is 0. The van der Waals surface area contributed by atoms with Crippen LogP contribution in [0.2, 0.25) is 0 Å². The number of morpholine rings is 1. The monoisotopic (exact) mass is 234 g/mol. The van der Waals surface area contributed by atoms with Crippen LogP contribution in [0.3, 0.4) is 0 Å². The molecule has 1 N–H and O–H groups in total. The number of carbonyl (C=O) groups is 1. The number of carboxylic acids is 1. The van der Waals surface area contributed by atoms with Crippen molar-refractivity contribution < 1.29 is 14.6 Å². The van der Waals surface area contributed by atoms with Crippen molar-refractivity contribution in [1.82, 2.24) is 10.2 Å². The summed E-state index contributed by atoms with van der Waals surface area (Å²) in [6, 6.07) is 3.55. The van der Waals surface area contributed by atoms with Crippen LogP contribution in [0.15, 0.2) is 12.3 Å². The predicted octanol–water partition coefficient (Wildman–Crippen LogP) is -0.362. The van der Waals surface area contributed by atoms with Crippen molar-refractivity contribution in [3.05, 3.63) is 17.8 Å². The van der Waals surface area contributed by atoms with Gasteiger partial charge in [-0.25, -0.2) is 4.79 Å². The van der Waals surface area contributed by atoms with Crippen LogP contribution in [0.5, 0.6) is 0 Å². The van der Waals surface area contributed by atoms with Crippen LogP contribution in [0.4, 0.5) is 5.82 Å². The molecular weight excluding hydrogens is 224 g/mol. The van der Waals surface area contributed by atoms with Gasteiger partial charge in [-0.1, -0.05) is 0 Å². The fraction of sp³-hybridized carbons (Fsp3) is 0.400. The molecule has 1 unspecified atom stereocenters. The third-order valence-electron chi connectivity index (χ3n) is 2.46. The molecule has 88 valence electrons. The standard InChI is InChI=1S/C10H10N4O3/c11-5-7-1-2-12-13-9(7)14-3-4-17-8(6-14)10(15)16/h1-2,8H,3-4,6H2,(H,15,16). The van der Waals surface area contributed by atoms with Gasteiger partial charge < -0.3 is 14.7 Å². The van der Waals surface area contributed by atoms with Crippen LogP contribution >= 0.6 is 0 Å². The number of hydrogen-bond acceptors (Lipinski definition) is 6. The summed E-state index contributed by atoms with van der Waals surface area (Å²) in [6.45, 7) is 0.957.